The van der Waals surface area contributed by atoms with E-state index in [1.54, 1.807) is 0 Å². The maximum Gasteiger partial charge on any atom is 0.0967 e. The van der Waals surface area contributed by atoms with Crippen molar-refractivity contribution in [3.8, 4) is 0 Å². The number of allylic oxidation sites excluding steroid dienone is 1. The van der Waals surface area contributed by atoms with Crippen LogP contribution in [0.4, 0.5) is 0 Å². The van der Waals surface area contributed by atoms with Gasteiger partial charge < -0.3 is 21.5 Å². The molecular formula is C7H15BrClN. The molecule has 0 saturated carbocycles. The Labute approximate surface area is 79.0 Å². The molecule has 62 valence electrons. The number of alkyl halides is 1. The summed E-state index contributed by atoms with van der Waals surface area (Å²) in [4.78, 5) is 0. The van der Waals surface area contributed by atoms with Gasteiger partial charge in [0.2, 0.25) is 0 Å². The highest BCUT2D eigenvalue weighted by Crippen LogP contribution is 1.89. The zero-order valence-electron chi connectivity index (χ0n) is 6.77. The van der Waals surface area contributed by atoms with Crippen LogP contribution in [0.15, 0.2) is 12.2 Å². The van der Waals surface area contributed by atoms with E-state index in [0.29, 0.717) is 5.88 Å². The number of quaternary nitrogens is 1. The van der Waals surface area contributed by atoms with E-state index >= 15 is 0 Å². The van der Waals surface area contributed by atoms with Crippen molar-refractivity contribution in [2.45, 2.75) is 0 Å². The molecule has 0 radical (unpaired) electrons. The van der Waals surface area contributed by atoms with Gasteiger partial charge in [-0.15, -0.1) is 11.6 Å². The van der Waals surface area contributed by atoms with Crippen LogP contribution >= 0.6 is 11.6 Å². The molecule has 0 unspecified atom stereocenters. The SMILES string of the molecule is C[N+](C)(C)C/C=C/CCl.[Br-]. The van der Waals surface area contributed by atoms with Crippen LogP contribution in [0, 0.1) is 0 Å². The van der Waals surface area contributed by atoms with E-state index in [1.807, 2.05) is 6.08 Å². The van der Waals surface area contributed by atoms with Crippen molar-refractivity contribution < 1.29 is 21.5 Å². The van der Waals surface area contributed by atoms with E-state index in [9.17, 15) is 0 Å². The minimum absolute atomic E-state index is 0. The summed E-state index contributed by atoms with van der Waals surface area (Å²) in [7, 11) is 6.45. The number of nitrogens with zero attached hydrogens (tertiary/aromatic N) is 1. The van der Waals surface area contributed by atoms with Crippen LogP contribution in [0.25, 0.3) is 0 Å². The van der Waals surface area contributed by atoms with Gasteiger partial charge in [0.05, 0.1) is 27.7 Å². The Hall–Kier alpha value is 0.470. The Morgan fingerprint density at radius 1 is 1.20 bits per heavy atom. The predicted octanol–water partition coefficient (Wildman–Crippen LogP) is -1.51. The van der Waals surface area contributed by atoms with Crippen molar-refractivity contribution in [2.75, 3.05) is 33.6 Å². The average molecular weight is 229 g/mol. The van der Waals surface area contributed by atoms with Gasteiger partial charge in [-0.3, -0.25) is 0 Å². The third-order valence-electron chi connectivity index (χ3n) is 0.909. The molecule has 1 nitrogen and oxygen atoms in total. The van der Waals surface area contributed by atoms with Gasteiger partial charge in [0.15, 0.2) is 0 Å². The summed E-state index contributed by atoms with van der Waals surface area (Å²) < 4.78 is 0.966. The lowest BCUT2D eigenvalue weighted by Gasteiger charge is -2.21. The van der Waals surface area contributed by atoms with Crippen molar-refractivity contribution in [1.82, 2.24) is 0 Å². The molecular weight excluding hydrogens is 213 g/mol. The van der Waals surface area contributed by atoms with Crippen LogP contribution in [0.5, 0.6) is 0 Å². The molecule has 0 N–H and O–H groups in total. The van der Waals surface area contributed by atoms with Crippen LogP contribution in [0.1, 0.15) is 0 Å². The zero-order chi connectivity index (χ0) is 7.33. The summed E-state index contributed by atoms with van der Waals surface area (Å²) in [6.07, 6.45) is 4.08. The van der Waals surface area contributed by atoms with Gasteiger partial charge in [0.25, 0.3) is 0 Å². The minimum atomic E-state index is 0. The van der Waals surface area contributed by atoms with Gasteiger partial charge in [0.1, 0.15) is 0 Å². The van der Waals surface area contributed by atoms with Crippen LogP contribution in [-0.4, -0.2) is 38.1 Å². The van der Waals surface area contributed by atoms with Gasteiger partial charge in [-0.1, -0.05) is 6.08 Å². The van der Waals surface area contributed by atoms with Gasteiger partial charge in [0, 0.05) is 5.88 Å². The fraction of sp³-hybridized carbons (Fsp3) is 0.714. The number of hydrogen-bond acceptors (Lipinski definition) is 0. The topological polar surface area (TPSA) is 0 Å². The molecule has 0 spiro atoms. The largest absolute Gasteiger partial charge is 1.00 e. The highest BCUT2D eigenvalue weighted by molar-refractivity contribution is 6.18. The molecule has 0 atom stereocenters. The van der Waals surface area contributed by atoms with Crippen molar-refractivity contribution >= 4 is 11.6 Å². The lowest BCUT2D eigenvalue weighted by atomic mass is 10.4. The first-order valence-corrected chi connectivity index (χ1v) is 3.61. The third kappa shape index (κ3) is 11.3. The standard InChI is InChI=1S/C7H15ClN.BrH/c1-9(2,3)7-5-4-6-8;/h4-5H,6-7H2,1-3H3;1H/q+1;/p-1/b5-4+;. The third-order valence-corrected chi connectivity index (χ3v) is 1.09. The normalized spacial score (nSPS) is 11.6. The molecule has 0 amide bonds. The Balaban J connectivity index is 0. The quantitative estimate of drug-likeness (QED) is 0.313. The highest BCUT2D eigenvalue weighted by Gasteiger charge is 2.00. The summed E-state index contributed by atoms with van der Waals surface area (Å²) in [6, 6.07) is 0. The van der Waals surface area contributed by atoms with Gasteiger partial charge in [-0.2, -0.15) is 0 Å². The average Bonchev–Trinajstić information content (AvgIpc) is 1.63. The monoisotopic (exact) mass is 227 g/mol. The molecule has 0 aliphatic heterocycles. The summed E-state index contributed by atoms with van der Waals surface area (Å²) in [6.45, 7) is 1.05. The number of hydrogen-bond donors (Lipinski definition) is 0. The van der Waals surface area contributed by atoms with Gasteiger partial charge in [-0.05, 0) is 6.08 Å². The fourth-order valence-corrected chi connectivity index (χ4v) is 0.580. The molecule has 0 aliphatic carbocycles. The molecule has 3 heteroatoms. The van der Waals surface area contributed by atoms with Crippen molar-refractivity contribution in [3.63, 3.8) is 0 Å². The summed E-state index contributed by atoms with van der Waals surface area (Å²) in [5.41, 5.74) is 0. The molecule has 0 heterocycles. The Morgan fingerprint density at radius 3 is 2.00 bits per heavy atom. The van der Waals surface area contributed by atoms with E-state index in [2.05, 4.69) is 27.2 Å². The van der Waals surface area contributed by atoms with Gasteiger partial charge in [-0.25, -0.2) is 0 Å². The van der Waals surface area contributed by atoms with Crippen molar-refractivity contribution in [1.29, 1.82) is 0 Å². The maximum atomic E-state index is 5.44. The molecule has 0 aromatic carbocycles. The van der Waals surface area contributed by atoms with Gasteiger partial charge >= 0.3 is 0 Å². The molecule has 0 aliphatic rings. The Kier molecular flexibility index (Phi) is 8.11. The van der Waals surface area contributed by atoms with E-state index in [1.165, 1.54) is 0 Å². The predicted molar refractivity (Wildman–Crippen MR) is 42.8 cm³/mol. The fourth-order valence-electron chi connectivity index (χ4n) is 0.454. The zero-order valence-corrected chi connectivity index (χ0v) is 9.11. The summed E-state index contributed by atoms with van der Waals surface area (Å²) in [5, 5.41) is 0. The molecule has 0 rings (SSSR count). The van der Waals surface area contributed by atoms with E-state index in [0.717, 1.165) is 11.0 Å². The Bertz CT molecular complexity index is 96.3. The molecule has 0 bridgehead atoms. The van der Waals surface area contributed by atoms with Crippen LogP contribution < -0.4 is 17.0 Å². The highest BCUT2D eigenvalue weighted by atomic mass is 79.9. The van der Waals surface area contributed by atoms with Crippen LogP contribution in [0.3, 0.4) is 0 Å². The summed E-state index contributed by atoms with van der Waals surface area (Å²) in [5.74, 6) is 0.625. The van der Waals surface area contributed by atoms with E-state index in [-0.39, 0.29) is 17.0 Å². The number of halogens is 2. The molecule has 10 heavy (non-hydrogen) atoms. The van der Waals surface area contributed by atoms with Crippen LogP contribution in [0.2, 0.25) is 0 Å². The smallest absolute Gasteiger partial charge is 0.0967 e. The number of rotatable bonds is 3. The van der Waals surface area contributed by atoms with Crippen LogP contribution in [-0.2, 0) is 0 Å². The van der Waals surface area contributed by atoms with Crippen molar-refractivity contribution in [2.24, 2.45) is 0 Å². The first-order valence-electron chi connectivity index (χ1n) is 3.07. The second-order valence-electron chi connectivity index (χ2n) is 3.10. The molecule has 0 saturated heterocycles. The van der Waals surface area contributed by atoms with E-state index in [4.69, 9.17) is 11.6 Å². The lowest BCUT2D eigenvalue weighted by Crippen LogP contribution is -3.00. The van der Waals surface area contributed by atoms with E-state index < -0.39 is 0 Å². The second-order valence-corrected chi connectivity index (χ2v) is 3.41. The maximum absolute atomic E-state index is 5.44. The second kappa shape index (κ2) is 6.20. The Morgan fingerprint density at radius 2 is 1.70 bits per heavy atom. The molecule has 0 aromatic heterocycles. The minimum Gasteiger partial charge on any atom is -1.00 e. The summed E-state index contributed by atoms with van der Waals surface area (Å²) >= 11 is 5.44. The first kappa shape index (κ1) is 13.1. The molecule has 0 fully saturated rings. The number of likely N-dealkylation sites (N-methyl/N-ethyl adjacent to an activating group) is 1. The first-order chi connectivity index (χ1) is 4.06. The lowest BCUT2D eigenvalue weighted by molar-refractivity contribution is -0.864. The molecule has 0 aromatic rings. The van der Waals surface area contributed by atoms with Crippen molar-refractivity contribution in [3.05, 3.63) is 12.2 Å².